The molecule has 1 amide bonds. The topological polar surface area (TPSA) is 38.8 Å². The van der Waals surface area contributed by atoms with Crippen molar-refractivity contribution < 1.29 is 18.7 Å². The fourth-order valence-corrected chi connectivity index (χ4v) is 2.94. The number of benzene rings is 2. The summed E-state index contributed by atoms with van der Waals surface area (Å²) >= 11 is 0. The minimum Gasteiger partial charge on any atom is -0.485 e. The molecule has 0 fully saturated rings. The lowest BCUT2D eigenvalue weighted by atomic mass is 10.1. The molecule has 158 valence electrons. The maximum absolute atomic E-state index is 12.7. The molecule has 0 aliphatic carbocycles. The van der Waals surface area contributed by atoms with Gasteiger partial charge in [-0.1, -0.05) is 48.5 Å². The van der Waals surface area contributed by atoms with Gasteiger partial charge in [-0.15, -0.1) is 0 Å². The molecule has 4 nitrogen and oxygen atoms in total. The Kier molecular flexibility index (Phi) is 8.50. The third kappa shape index (κ3) is 7.76. The number of nitrogens with zero attached hydrogens (tertiary/aromatic N) is 1. The van der Waals surface area contributed by atoms with Gasteiger partial charge in [0.1, 0.15) is 17.5 Å². The number of ether oxygens (including phenoxy) is 2. The van der Waals surface area contributed by atoms with Gasteiger partial charge >= 0.3 is 6.09 Å². The van der Waals surface area contributed by atoms with Crippen molar-refractivity contribution in [1.82, 2.24) is 4.90 Å². The molecule has 1 atom stereocenters. The van der Waals surface area contributed by atoms with Gasteiger partial charge in [0.25, 0.3) is 0 Å². The van der Waals surface area contributed by atoms with Gasteiger partial charge in [-0.2, -0.15) is 0 Å². The Hall–Kier alpha value is -2.56. The number of aryl methyl sites for hydroxylation is 1. The van der Waals surface area contributed by atoms with Crippen molar-refractivity contribution in [3.05, 3.63) is 65.7 Å². The first-order valence-corrected chi connectivity index (χ1v) is 10.1. The molecule has 0 N–H and O–H groups in total. The zero-order chi connectivity index (χ0) is 21.3. The fourth-order valence-electron chi connectivity index (χ4n) is 2.94. The Labute approximate surface area is 173 Å². The van der Waals surface area contributed by atoms with E-state index in [1.807, 2.05) is 75.4 Å². The minimum absolute atomic E-state index is 0.229. The Bertz CT molecular complexity index is 758. The predicted molar refractivity (Wildman–Crippen MR) is 114 cm³/mol. The first-order chi connectivity index (χ1) is 13.8. The van der Waals surface area contributed by atoms with Crippen molar-refractivity contribution >= 4 is 6.09 Å². The average molecular weight is 402 g/mol. The van der Waals surface area contributed by atoms with Gasteiger partial charge in [0.2, 0.25) is 0 Å². The highest BCUT2D eigenvalue weighted by molar-refractivity contribution is 5.67. The smallest absolute Gasteiger partial charge is 0.410 e. The van der Waals surface area contributed by atoms with Crippen LogP contribution in [0.15, 0.2) is 54.6 Å². The van der Waals surface area contributed by atoms with E-state index in [4.69, 9.17) is 9.47 Å². The molecular formula is C24H32FNO3. The molecule has 0 aliphatic rings. The molecule has 2 aromatic rings. The van der Waals surface area contributed by atoms with E-state index < -0.39 is 5.60 Å². The maximum atomic E-state index is 12.7. The van der Waals surface area contributed by atoms with Crippen LogP contribution in [0, 0.1) is 0 Å². The summed E-state index contributed by atoms with van der Waals surface area (Å²) in [6.45, 7) is 5.69. The lowest BCUT2D eigenvalue weighted by molar-refractivity contribution is 0.0278. The normalized spacial score (nSPS) is 12.3. The van der Waals surface area contributed by atoms with E-state index in [1.165, 1.54) is 0 Å². The van der Waals surface area contributed by atoms with Gasteiger partial charge in [0.05, 0.1) is 6.67 Å². The second-order valence-electron chi connectivity index (χ2n) is 8.11. The summed E-state index contributed by atoms with van der Waals surface area (Å²) in [5.74, 6) is 0.759. The van der Waals surface area contributed by atoms with Crippen molar-refractivity contribution in [3.63, 3.8) is 0 Å². The molecule has 5 heteroatoms. The van der Waals surface area contributed by atoms with Crippen LogP contribution in [-0.2, 0) is 11.2 Å². The van der Waals surface area contributed by atoms with Crippen LogP contribution >= 0.6 is 0 Å². The van der Waals surface area contributed by atoms with Crippen LogP contribution in [0.5, 0.6) is 5.75 Å². The quantitative estimate of drug-likeness (QED) is 0.520. The predicted octanol–water partition coefficient (Wildman–Crippen LogP) is 5.97. The van der Waals surface area contributed by atoms with Crippen LogP contribution in [0.4, 0.5) is 9.18 Å². The molecule has 2 aromatic carbocycles. The van der Waals surface area contributed by atoms with Gasteiger partial charge in [-0.05, 0) is 50.8 Å². The molecular weight excluding hydrogens is 369 g/mol. The van der Waals surface area contributed by atoms with E-state index in [9.17, 15) is 9.18 Å². The zero-order valence-corrected chi connectivity index (χ0v) is 17.9. The van der Waals surface area contributed by atoms with Gasteiger partial charge in [0, 0.05) is 20.0 Å². The third-order valence-electron chi connectivity index (χ3n) is 4.42. The van der Waals surface area contributed by atoms with E-state index in [1.54, 1.807) is 11.9 Å². The number of para-hydroxylation sites is 1. The highest BCUT2D eigenvalue weighted by Crippen LogP contribution is 2.28. The first kappa shape index (κ1) is 22.7. The summed E-state index contributed by atoms with van der Waals surface area (Å²) < 4.78 is 24.4. The number of carbonyl (C=O) groups is 1. The Morgan fingerprint density at radius 1 is 1.07 bits per heavy atom. The number of hydrogen-bond acceptors (Lipinski definition) is 3. The summed E-state index contributed by atoms with van der Waals surface area (Å²) in [7, 11) is 1.73. The molecule has 0 saturated carbocycles. The second-order valence-corrected chi connectivity index (χ2v) is 8.11. The summed E-state index contributed by atoms with van der Waals surface area (Å²) in [4.78, 5) is 13.8. The highest BCUT2D eigenvalue weighted by Gasteiger charge is 2.22. The number of alkyl halides is 1. The molecule has 0 heterocycles. The maximum Gasteiger partial charge on any atom is 0.410 e. The summed E-state index contributed by atoms with van der Waals surface area (Å²) in [6, 6.07) is 17.7. The molecule has 0 radical (unpaired) electrons. The third-order valence-corrected chi connectivity index (χ3v) is 4.42. The van der Waals surface area contributed by atoms with Crippen LogP contribution < -0.4 is 4.74 Å². The highest BCUT2D eigenvalue weighted by atomic mass is 19.1. The van der Waals surface area contributed by atoms with Gasteiger partial charge in [-0.25, -0.2) is 4.79 Å². The van der Waals surface area contributed by atoms with E-state index in [2.05, 4.69) is 0 Å². The number of carbonyl (C=O) groups excluding carboxylic acids is 1. The monoisotopic (exact) mass is 401 g/mol. The van der Waals surface area contributed by atoms with Crippen molar-refractivity contribution in [1.29, 1.82) is 0 Å². The second kappa shape index (κ2) is 10.8. The summed E-state index contributed by atoms with van der Waals surface area (Å²) in [5.41, 5.74) is 1.49. The van der Waals surface area contributed by atoms with E-state index >= 15 is 0 Å². The molecule has 2 rings (SSSR count). The lowest BCUT2D eigenvalue weighted by Crippen LogP contribution is -2.35. The van der Waals surface area contributed by atoms with E-state index in [0.29, 0.717) is 25.8 Å². The van der Waals surface area contributed by atoms with Crippen molar-refractivity contribution in [2.24, 2.45) is 0 Å². The molecule has 0 bridgehead atoms. The number of amides is 1. The summed E-state index contributed by atoms with van der Waals surface area (Å²) in [6.07, 6.45) is 1.13. The number of halogens is 1. The molecule has 0 unspecified atom stereocenters. The lowest BCUT2D eigenvalue weighted by Gasteiger charge is -2.27. The standard InChI is InChI=1S/C24H32FNO3/c1-24(2,3)29-23(27)26(4)18-16-22(19-11-6-5-7-12-19)28-21-15-9-8-13-20(21)14-10-17-25/h5-9,11-13,15,22H,10,14,16-18H2,1-4H3/t22-/m1/s1. The van der Waals surface area contributed by atoms with E-state index in [-0.39, 0.29) is 18.9 Å². The molecule has 0 aromatic heterocycles. The molecule has 0 spiro atoms. The minimum atomic E-state index is -0.532. The molecule has 29 heavy (non-hydrogen) atoms. The average Bonchev–Trinajstić information content (AvgIpc) is 2.69. The zero-order valence-electron chi connectivity index (χ0n) is 17.9. The van der Waals surface area contributed by atoms with Gasteiger partial charge in [0.15, 0.2) is 0 Å². The number of rotatable bonds is 9. The van der Waals surface area contributed by atoms with Crippen LogP contribution in [0.2, 0.25) is 0 Å². The van der Waals surface area contributed by atoms with Crippen molar-refractivity contribution in [3.8, 4) is 5.75 Å². The molecule has 0 aliphatic heterocycles. The van der Waals surface area contributed by atoms with Crippen molar-refractivity contribution in [2.75, 3.05) is 20.3 Å². The molecule has 0 saturated heterocycles. The van der Waals surface area contributed by atoms with Gasteiger partial charge < -0.3 is 14.4 Å². The van der Waals surface area contributed by atoms with Crippen LogP contribution in [0.1, 0.15) is 50.8 Å². The first-order valence-electron chi connectivity index (χ1n) is 10.1. The Morgan fingerprint density at radius 2 is 1.72 bits per heavy atom. The van der Waals surface area contributed by atoms with Crippen LogP contribution in [-0.4, -0.2) is 36.9 Å². The van der Waals surface area contributed by atoms with Crippen molar-refractivity contribution in [2.45, 2.75) is 51.7 Å². The van der Waals surface area contributed by atoms with Crippen LogP contribution in [0.25, 0.3) is 0 Å². The Balaban J connectivity index is 2.12. The van der Waals surface area contributed by atoms with Crippen LogP contribution in [0.3, 0.4) is 0 Å². The Morgan fingerprint density at radius 3 is 2.38 bits per heavy atom. The summed E-state index contributed by atoms with van der Waals surface area (Å²) in [5, 5.41) is 0. The number of hydrogen-bond donors (Lipinski definition) is 0. The fraction of sp³-hybridized carbons (Fsp3) is 0.458. The largest absolute Gasteiger partial charge is 0.485 e. The van der Waals surface area contributed by atoms with E-state index in [0.717, 1.165) is 16.9 Å². The SMILES string of the molecule is CN(CC[C@@H](Oc1ccccc1CCCF)c1ccccc1)C(=O)OC(C)(C)C. The van der Waals surface area contributed by atoms with Gasteiger partial charge in [-0.3, -0.25) is 4.39 Å².